The number of nitrogens with zero attached hydrogens (tertiary/aromatic N) is 1. The molecule has 0 aliphatic carbocycles. The van der Waals surface area contributed by atoms with E-state index in [4.69, 9.17) is 10.5 Å². The molecule has 17 heavy (non-hydrogen) atoms. The minimum atomic E-state index is -0.583. The second-order valence-electron chi connectivity index (χ2n) is 4.15. The maximum atomic E-state index is 12.1. The van der Waals surface area contributed by atoms with Crippen LogP contribution in [-0.2, 0) is 9.53 Å². The first-order valence-electron chi connectivity index (χ1n) is 5.59. The fourth-order valence-corrected chi connectivity index (χ4v) is 1.81. The quantitative estimate of drug-likeness (QED) is 0.855. The van der Waals surface area contributed by atoms with Crippen molar-refractivity contribution in [3.05, 3.63) is 29.3 Å². The normalized spacial score (nSPS) is 12.3. The van der Waals surface area contributed by atoms with E-state index in [1.54, 1.807) is 11.9 Å². The molecule has 0 spiro atoms. The highest BCUT2D eigenvalue weighted by molar-refractivity contribution is 5.96. The number of aryl methyl sites for hydroxylation is 2. The Hall–Kier alpha value is -1.39. The van der Waals surface area contributed by atoms with Crippen molar-refractivity contribution in [1.82, 2.24) is 0 Å². The van der Waals surface area contributed by atoms with Crippen LogP contribution in [0.2, 0.25) is 0 Å². The standard InChI is InChI=1S/C13H20N2O2/c1-9-5-6-11(10(2)7-9)15(3)13(16)12(8-14)17-4/h5-7,12H,8,14H2,1-4H3. The van der Waals surface area contributed by atoms with E-state index in [2.05, 4.69) is 0 Å². The molecule has 1 amide bonds. The van der Waals surface area contributed by atoms with Crippen LogP contribution in [0.4, 0.5) is 5.69 Å². The Kier molecular flexibility index (Phi) is 4.66. The van der Waals surface area contributed by atoms with E-state index in [-0.39, 0.29) is 12.5 Å². The van der Waals surface area contributed by atoms with Crippen LogP contribution in [0.5, 0.6) is 0 Å². The van der Waals surface area contributed by atoms with E-state index in [1.165, 1.54) is 12.7 Å². The van der Waals surface area contributed by atoms with E-state index in [0.29, 0.717) is 0 Å². The fourth-order valence-electron chi connectivity index (χ4n) is 1.81. The van der Waals surface area contributed by atoms with Gasteiger partial charge in [0.1, 0.15) is 6.10 Å². The third-order valence-corrected chi connectivity index (χ3v) is 2.82. The molecular weight excluding hydrogens is 216 g/mol. The number of likely N-dealkylation sites (N-methyl/N-ethyl adjacent to an activating group) is 1. The molecule has 1 aromatic rings. The van der Waals surface area contributed by atoms with Crippen molar-refractivity contribution in [2.75, 3.05) is 25.6 Å². The predicted molar refractivity (Wildman–Crippen MR) is 69.2 cm³/mol. The predicted octanol–water partition coefficient (Wildman–Crippen LogP) is 1.24. The van der Waals surface area contributed by atoms with E-state index in [9.17, 15) is 4.79 Å². The van der Waals surface area contributed by atoms with Gasteiger partial charge in [0, 0.05) is 26.4 Å². The molecule has 4 nitrogen and oxygen atoms in total. The maximum Gasteiger partial charge on any atom is 0.257 e. The highest BCUT2D eigenvalue weighted by Gasteiger charge is 2.21. The molecule has 0 heterocycles. The van der Waals surface area contributed by atoms with Gasteiger partial charge in [-0.1, -0.05) is 17.7 Å². The number of hydrogen-bond donors (Lipinski definition) is 1. The second kappa shape index (κ2) is 5.80. The van der Waals surface area contributed by atoms with Crippen LogP contribution in [0.1, 0.15) is 11.1 Å². The van der Waals surface area contributed by atoms with Crippen molar-refractivity contribution in [3.63, 3.8) is 0 Å². The third kappa shape index (κ3) is 3.05. The minimum absolute atomic E-state index is 0.123. The lowest BCUT2D eigenvalue weighted by Crippen LogP contribution is -2.42. The van der Waals surface area contributed by atoms with E-state index in [1.807, 2.05) is 32.0 Å². The van der Waals surface area contributed by atoms with Crippen LogP contribution in [0.3, 0.4) is 0 Å². The summed E-state index contributed by atoms with van der Waals surface area (Å²) in [7, 11) is 3.23. The number of rotatable bonds is 4. The zero-order chi connectivity index (χ0) is 13.0. The molecule has 1 rings (SSSR count). The monoisotopic (exact) mass is 236 g/mol. The molecule has 94 valence electrons. The highest BCUT2D eigenvalue weighted by atomic mass is 16.5. The Labute approximate surface area is 102 Å². The lowest BCUT2D eigenvalue weighted by atomic mass is 10.1. The summed E-state index contributed by atoms with van der Waals surface area (Å²) in [5.74, 6) is -0.123. The molecule has 0 aliphatic heterocycles. The SMILES string of the molecule is COC(CN)C(=O)N(C)c1ccc(C)cc1C. The van der Waals surface area contributed by atoms with Gasteiger partial charge in [-0.25, -0.2) is 0 Å². The Balaban J connectivity index is 2.95. The molecule has 0 aliphatic rings. The van der Waals surface area contributed by atoms with Crippen LogP contribution in [-0.4, -0.2) is 32.7 Å². The van der Waals surface area contributed by atoms with Crippen LogP contribution >= 0.6 is 0 Å². The second-order valence-corrected chi connectivity index (χ2v) is 4.15. The van der Waals surface area contributed by atoms with Gasteiger partial charge in [0.05, 0.1) is 0 Å². The third-order valence-electron chi connectivity index (χ3n) is 2.82. The Morgan fingerprint density at radius 3 is 2.59 bits per heavy atom. The topological polar surface area (TPSA) is 55.6 Å². The molecule has 2 N–H and O–H groups in total. The maximum absolute atomic E-state index is 12.1. The molecule has 1 unspecified atom stereocenters. The van der Waals surface area contributed by atoms with Crippen LogP contribution in [0.25, 0.3) is 0 Å². The number of carbonyl (C=O) groups excluding carboxylic acids is 1. The summed E-state index contributed by atoms with van der Waals surface area (Å²) < 4.78 is 5.05. The van der Waals surface area contributed by atoms with Gasteiger partial charge in [0.25, 0.3) is 5.91 Å². The Morgan fingerprint density at radius 2 is 2.12 bits per heavy atom. The molecular formula is C13H20N2O2. The summed E-state index contributed by atoms with van der Waals surface area (Å²) in [6, 6.07) is 5.96. The van der Waals surface area contributed by atoms with Crippen molar-refractivity contribution < 1.29 is 9.53 Å². The van der Waals surface area contributed by atoms with Crippen molar-refractivity contribution in [2.45, 2.75) is 20.0 Å². The van der Waals surface area contributed by atoms with Gasteiger partial charge in [0.2, 0.25) is 0 Å². The number of methoxy groups -OCH3 is 1. The van der Waals surface area contributed by atoms with Crippen molar-refractivity contribution in [3.8, 4) is 0 Å². The smallest absolute Gasteiger partial charge is 0.257 e. The summed E-state index contributed by atoms with van der Waals surface area (Å²) in [4.78, 5) is 13.7. The average molecular weight is 236 g/mol. The number of amides is 1. The van der Waals surface area contributed by atoms with E-state index >= 15 is 0 Å². The first kappa shape index (κ1) is 13.7. The van der Waals surface area contributed by atoms with Crippen molar-refractivity contribution in [1.29, 1.82) is 0 Å². The zero-order valence-corrected chi connectivity index (χ0v) is 10.9. The van der Waals surface area contributed by atoms with Gasteiger partial charge >= 0.3 is 0 Å². The number of hydrogen-bond acceptors (Lipinski definition) is 3. The molecule has 0 radical (unpaired) electrons. The summed E-state index contributed by atoms with van der Waals surface area (Å²) in [5.41, 5.74) is 8.61. The molecule has 1 aromatic carbocycles. The first-order chi connectivity index (χ1) is 8.01. The van der Waals surface area contributed by atoms with Crippen molar-refractivity contribution in [2.24, 2.45) is 5.73 Å². The summed E-state index contributed by atoms with van der Waals surface area (Å²) in [5, 5.41) is 0. The number of benzene rings is 1. The van der Waals surface area contributed by atoms with Gasteiger partial charge < -0.3 is 15.4 Å². The van der Waals surface area contributed by atoms with Crippen LogP contribution in [0, 0.1) is 13.8 Å². The van der Waals surface area contributed by atoms with E-state index < -0.39 is 6.10 Å². The zero-order valence-electron chi connectivity index (χ0n) is 10.9. The van der Waals surface area contributed by atoms with E-state index in [0.717, 1.165) is 11.3 Å². The molecule has 0 saturated carbocycles. The Bertz CT molecular complexity index is 400. The first-order valence-corrected chi connectivity index (χ1v) is 5.59. The Morgan fingerprint density at radius 1 is 1.47 bits per heavy atom. The number of nitrogens with two attached hydrogens (primary N) is 1. The van der Waals surface area contributed by atoms with Gasteiger partial charge in [0.15, 0.2) is 0 Å². The average Bonchev–Trinajstić information content (AvgIpc) is 2.29. The number of carbonyl (C=O) groups is 1. The van der Waals surface area contributed by atoms with Gasteiger partial charge in [-0.3, -0.25) is 4.79 Å². The summed E-state index contributed by atoms with van der Waals surface area (Å²) >= 11 is 0. The lowest BCUT2D eigenvalue weighted by Gasteiger charge is -2.23. The van der Waals surface area contributed by atoms with Gasteiger partial charge in [-0.15, -0.1) is 0 Å². The number of anilines is 1. The number of ether oxygens (including phenoxy) is 1. The van der Waals surface area contributed by atoms with Gasteiger partial charge in [-0.05, 0) is 25.5 Å². The fraction of sp³-hybridized carbons (Fsp3) is 0.462. The van der Waals surface area contributed by atoms with Gasteiger partial charge in [-0.2, -0.15) is 0 Å². The molecule has 0 bridgehead atoms. The summed E-state index contributed by atoms with van der Waals surface area (Å²) in [6.07, 6.45) is -0.583. The minimum Gasteiger partial charge on any atom is -0.370 e. The highest BCUT2D eigenvalue weighted by Crippen LogP contribution is 2.20. The molecule has 0 aromatic heterocycles. The largest absolute Gasteiger partial charge is 0.370 e. The van der Waals surface area contributed by atoms with Crippen LogP contribution < -0.4 is 10.6 Å². The molecule has 0 saturated heterocycles. The molecule has 4 heteroatoms. The molecule has 0 fully saturated rings. The van der Waals surface area contributed by atoms with Crippen LogP contribution in [0.15, 0.2) is 18.2 Å². The lowest BCUT2D eigenvalue weighted by molar-refractivity contribution is -0.127. The van der Waals surface area contributed by atoms with Crippen molar-refractivity contribution >= 4 is 11.6 Å². The summed E-state index contributed by atoms with van der Waals surface area (Å²) in [6.45, 7) is 4.19. The molecule has 1 atom stereocenters.